The molecule has 1 aliphatic heterocycles. The van der Waals surface area contributed by atoms with Gasteiger partial charge in [-0.25, -0.2) is 15.0 Å². The highest BCUT2D eigenvalue weighted by molar-refractivity contribution is 6.00. The van der Waals surface area contributed by atoms with Crippen molar-refractivity contribution in [3.8, 4) is 0 Å². The zero-order valence-corrected chi connectivity index (χ0v) is 14.9. The van der Waals surface area contributed by atoms with Crippen LogP contribution in [-0.2, 0) is 5.54 Å². The molecule has 4 heterocycles. The Bertz CT molecular complexity index is 1140. The number of amides is 1. The number of aromatic nitrogens is 5. The van der Waals surface area contributed by atoms with Crippen LogP contribution in [0.2, 0.25) is 0 Å². The predicted molar refractivity (Wildman–Crippen MR) is 95.5 cm³/mol. The van der Waals surface area contributed by atoms with Gasteiger partial charge in [0, 0.05) is 0 Å². The average Bonchev–Trinajstić information content (AvgIpc) is 3.24. The highest BCUT2D eigenvalue weighted by Crippen LogP contribution is 2.42. The molecule has 0 bridgehead atoms. The summed E-state index contributed by atoms with van der Waals surface area (Å²) in [6, 6.07) is 1.70. The summed E-state index contributed by atoms with van der Waals surface area (Å²) in [6.45, 7) is 1.87. The van der Waals surface area contributed by atoms with E-state index in [4.69, 9.17) is 0 Å². The Morgan fingerprint density at radius 3 is 2.89 bits per heavy atom. The van der Waals surface area contributed by atoms with Crippen molar-refractivity contribution >= 4 is 22.8 Å². The zero-order chi connectivity index (χ0) is 18.6. The quantitative estimate of drug-likeness (QED) is 0.568. The molecule has 1 amide bonds. The molecule has 1 aliphatic carbocycles. The Balaban J connectivity index is 1.77. The lowest BCUT2D eigenvalue weighted by Gasteiger charge is -2.34. The first kappa shape index (κ1) is 16.0. The van der Waals surface area contributed by atoms with Crippen LogP contribution in [0.3, 0.4) is 0 Å². The normalized spacial score (nSPS) is 18.9. The minimum Gasteiger partial charge on any atom is -0.427 e. The molecule has 0 radical (unpaired) electrons. The molecule has 0 aromatic carbocycles. The van der Waals surface area contributed by atoms with Gasteiger partial charge in [-0.05, 0) is 31.4 Å². The van der Waals surface area contributed by atoms with Gasteiger partial charge in [-0.15, -0.1) is 0 Å². The summed E-state index contributed by atoms with van der Waals surface area (Å²) in [5, 5.41) is 21.6. The summed E-state index contributed by atoms with van der Waals surface area (Å²) >= 11 is 0. The lowest BCUT2D eigenvalue weighted by molar-refractivity contribution is 0.0892. The first-order valence-electron chi connectivity index (χ1n) is 9.07. The van der Waals surface area contributed by atoms with E-state index in [0.717, 1.165) is 42.4 Å². The van der Waals surface area contributed by atoms with Crippen molar-refractivity contribution in [3.05, 3.63) is 40.9 Å². The van der Waals surface area contributed by atoms with Gasteiger partial charge in [0.05, 0.1) is 28.4 Å². The maximum atomic E-state index is 12.6. The second-order valence-electron chi connectivity index (χ2n) is 7.26. The second kappa shape index (κ2) is 5.63. The number of pyridine rings is 1. The van der Waals surface area contributed by atoms with Crippen molar-refractivity contribution in [1.82, 2.24) is 30.2 Å². The van der Waals surface area contributed by atoms with Gasteiger partial charge in [-0.2, -0.15) is 9.83 Å². The summed E-state index contributed by atoms with van der Waals surface area (Å²) in [5.41, 5.74) is 2.33. The van der Waals surface area contributed by atoms with E-state index in [1.54, 1.807) is 12.3 Å². The molecule has 3 N–H and O–H groups in total. The number of rotatable bonds is 1. The third-order valence-corrected chi connectivity index (χ3v) is 5.59. The molecule has 1 saturated carbocycles. The van der Waals surface area contributed by atoms with Crippen molar-refractivity contribution in [1.29, 1.82) is 0 Å². The lowest BCUT2D eigenvalue weighted by Crippen LogP contribution is -2.43. The number of hydrogen-bond donors (Lipinski definition) is 3. The average molecular weight is 365 g/mol. The Kier molecular flexibility index (Phi) is 3.33. The molecule has 0 atom stereocenters. The summed E-state index contributed by atoms with van der Waals surface area (Å²) in [5.74, 6) is 0.281. The van der Waals surface area contributed by atoms with Crippen LogP contribution in [-0.4, -0.2) is 36.0 Å². The van der Waals surface area contributed by atoms with Gasteiger partial charge in [0.15, 0.2) is 17.0 Å². The predicted octanol–water partition coefficient (Wildman–Crippen LogP) is 1.84. The monoisotopic (exact) mass is 365 g/mol. The van der Waals surface area contributed by atoms with Crippen molar-refractivity contribution in [2.75, 3.05) is 0 Å². The largest absolute Gasteiger partial charge is 0.427 e. The van der Waals surface area contributed by atoms with Gasteiger partial charge < -0.3 is 10.5 Å². The maximum Gasteiger partial charge on any atom is 0.254 e. The fourth-order valence-corrected chi connectivity index (χ4v) is 4.35. The van der Waals surface area contributed by atoms with Crippen LogP contribution in [0.25, 0.3) is 11.0 Å². The third kappa shape index (κ3) is 2.27. The molecular formula is C18H19N7O2. The van der Waals surface area contributed by atoms with Gasteiger partial charge >= 0.3 is 0 Å². The summed E-state index contributed by atoms with van der Waals surface area (Å²) in [6.07, 6.45) is 7.80. The fourth-order valence-electron chi connectivity index (χ4n) is 4.35. The van der Waals surface area contributed by atoms with E-state index < -0.39 is 5.54 Å². The lowest BCUT2D eigenvalue weighted by atomic mass is 9.79. The van der Waals surface area contributed by atoms with Crippen LogP contribution in [0.5, 0.6) is 0 Å². The SMILES string of the molecule is Cc1cc(=Nc2ncnc3[nH]ncc23)n(O)c2c1C(=O)NC21CCCCC1. The Labute approximate surface area is 154 Å². The number of hydrogen-bond acceptors (Lipinski definition) is 6. The number of nitrogens with zero attached hydrogens (tertiary/aromatic N) is 5. The number of aromatic amines is 1. The summed E-state index contributed by atoms with van der Waals surface area (Å²) < 4.78 is 1.06. The molecule has 1 fully saturated rings. The zero-order valence-electron chi connectivity index (χ0n) is 14.9. The van der Waals surface area contributed by atoms with E-state index >= 15 is 0 Å². The van der Waals surface area contributed by atoms with Crippen LogP contribution in [0.15, 0.2) is 23.6 Å². The van der Waals surface area contributed by atoms with E-state index in [1.165, 1.54) is 6.33 Å². The van der Waals surface area contributed by atoms with Crippen molar-refractivity contribution in [2.45, 2.75) is 44.6 Å². The smallest absolute Gasteiger partial charge is 0.254 e. The Morgan fingerprint density at radius 2 is 2.07 bits per heavy atom. The van der Waals surface area contributed by atoms with E-state index in [2.05, 4.69) is 30.5 Å². The first-order valence-corrected chi connectivity index (χ1v) is 9.07. The first-order chi connectivity index (χ1) is 13.1. The van der Waals surface area contributed by atoms with Crippen molar-refractivity contribution < 1.29 is 10.0 Å². The molecule has 9 nitrogen and oxygen atoms in total. The van der Waals surface area contributed by atoms with E-state index in [1.807, 2.05) is 6.92 Å². The molecule has 1 spiro atoms. The number of fused-ring (bicyclic) bond motifs is 3. The van der Waals surface area contributed by atoms with Crippen LogP contribution in [0.1, 0.15) is 53.7 Å². The number of carbonyl (C=O) groups is 1. The van der Waals surface area contributed by atoms with Gasteiger partial charge in [0.2, 0.25) is 0 Å². The molecule has 3 aromatic rings. The van der Waals surface area contributed by atoms with Crippen LogP contribution >= 0.6 is 0 Å². The highest BCUT2D eigenvalue weighted by atomic mass is 16.5. The summed E-state index contributed by atoms with van der Waals surface area (Å²) in [7, 11) is 0. The number of aryl methyl sites for hydroxylation is 1. The number of carbonyl (C=O) groups excluding carboxylic acids is 1. The van der Waals surface area contributed by atoms with Crippen LogP contribution in [0, 0.1) is 6.92 Å². The van der Waals surface area contributed by atoms with Gasteiger partial charge in [0.25, 0.3) is 5.91 Å². The van der Waals surface area contributed by atoms with Gasteiger partial charge in [-0.3, -0.25) is 9.89 Å². The van der Waals surface area contributed by atoms with Gasteiger partial charge in [-0.1, -0.05) is 19.3 Å². The second-order valence-corrected chi connectivity index (χ2v) is 7.26. The molecule has 3 aromatic heterocycles. The van der Waals surface area contributed by atoms with E-state index in [9.17, 15) is 10.0 Å². The molecule has 138 valence electrons. The van der Waals surface area contributed by atoms with Crippen molar-refractivity contribution in [2.24, 2.45) is 4.99 Å². The summed E-state index contributed by atoms with van der Waals surface area (Å²) in [4.78, 5) is 25.5. The minimum atomic E-state index is -0.521. The molecule has 27 heavy (non-hydrogen) atoms. The number of nitrogens with one attached hydrogen (secondary N) is 2. The third-order valence-electron chi connectivity index (χ3n) is 5.59. The maximum absolute atomic E-state index is 12.6. The highest BCUT2D eigenvalue weighted by Gasteiger charge is 2.47. The minimum absolute atomic E-state index is 0.127. The molecule has 0 unspecified atom stereocenters. The van der Waals surface area contributed by atoms with Crippen LogP contribution in [0.4, 0.5) is 5.82 Å². The number of H-pyrrole nitrogens is 1. The van der Waals surface area contributed by atoms with E-state index in [-0.39, 0.29) is 5.91 Å². The van der Waals surface area contributed by atoms with Crippen molar-refractivity contribution in [3.63, 3.8) is 0 Å². The molecule has 9 heteroatoms. The molecule has 0 saturated heterocycles. The van der Waals surface area contributed by atoms with Crippen LogP contribution < -0.4 is 10.8 Å². The Morgan fingerprint density at radius 1 is 1.26 bits per heavy atom. The fraction of sp³-hybridized carbons (Fsp3) is 0.389. The molecule has 2 aliphatic rings. The topological polar surface area (TPSA) is 121 Å². The van der Waals surface area contributed by atoms with Gasteiger partial charge in [0.1, 0.15) is 6.33 Å². The van der Waals surface area contributed by atoms with E-state index in [0.29, 0.717) is 33.6 Å². The molecule has 5 rings (SSSR count). The standard InChI is InChI=1S/C18H19N7O2/c1-10-7-12(22-15-11-8-21-24-16(11)20-9-19-15)25(27)14-13(10)17(26)23-18(14)5-3-2-4-6-18/h7-9,27H,2-6H2,1H3,(H,23,26)(H,19,20,21,24). The molecular weight excluding hydrogens is 346 g/mol. The Hall–Kier alpha value is -3.23.